The van der Waals surface area contributed by atoms with Crippen molar-refractivity contribution >= 4 is 34.8 Å². The van der Waals surface area contributed by atoms with Crippen LogP contribution in [-0.4, -0.2) is 26.2 Å². The standard InChI is InChI=1S/C18H17Cl2N3O2/c1-10-16(11-5-13(19)8-14(20)6-11)23-15(22-10)7-12(9-21-23)17(24)25-18(2,3)4/h5-9H,1-4H3. The minimum Gasteiger partial charge on any atom is -0.456 e. The lowest BCUT2D eigenvalue weighted by atomic mass is 10.1. The number of benzene rings is 1. The van der Waals surface area contributed by atoms with Gasteiger partial charge in [-0.3, -0.25) is 0 Å². The molecule has 0 bridgehead atoms. The second-order valence-electron chi connectivity index (χ2n) is 6.72. The summed E-state index contributed by atoms with van der Waals surface area (Å²) in [5.41, 5.74) is 2.66. The molecule has 5 nitrogen and oxygen atoms in total. The molecule has 0 N–H and O–H groups in total. The van der Waals surface area contributed by atoms with E-state index in [-0.39, 0.29) is 0 Å². The van der Waals surface area contributed by atoms with E-state index in [1.165, 1.54) is 6.20 Å². The Bertz CT molecular complexity index is 954. The van der Waals surface area contributed by atoms with Crippen LogP contribution in [0.5, 0.6) is 0 Å². The molecule has 2 aromatic heterocycles. The van der Waals surface area contributed by atoms with Gasteiger partial charge >= 0.3 is 5.97 Å². The number of carbonyl (C=O) groups is 1. The van der Waals surface area contributed by atoms with Gasteiger partial charge in [-0.15, -0.1) is 0 Å². The third-order valence-corrected chi connectivity index (χ3v) is 3.86. The second-order valence-corrected chi connectivity index (χ2v) is 7.59. The molecule has 0 saturated carbocycles. The minimum atomic E-state index is -0.572. The first-order valence-electron chi connectivity index (χ1n) is 7.69. The molecule has 7 heteroatoms. The highest BCUT2D eigenvalue weighted by atomic mass is 35.5. The number of halogens is 2. The van der Waals surface area contributed by atoms with Crippen molar-refractivity contribution in [2.45, 2.75) is 33.3 Å². The fourth-order valence-corrected chi connectivity index (χ4v) is 3.04. The van der Waals surface area contributed by atoms with Crippen LogP contribution in [-0.2, 0) is 4.74 Å². The van der Waals surface area contributed by atoms with Crippen LogP contribution in [0.3, 0.4) is 0 Å². The number of nitrogens with zero attached hydrogens (tertiary/aromatic N) is 3. The van der Waals surface area contributed by atoms with Crippen molar-refractivity contribution in [3.8, 4) is 11.3 Å². The Hall–Kier alpha value is -2.11. The Labute approximate surface area is 155 Å². The highest BCUT2D eigenvalue weighted by Crippen LogP contribution is 2.30. The number of aromatic nitrogens is 3. The summed E-state index contributed by atoms with van der Waals surface area (Å²) >= 11 is 12.2. The average molecular weight is 378 g/mol. The summed E-state index contributed by atoms with van der Waals surface area (Å²) in [7, 11) is 0. The van der Waals surface area contributed by atoms with Gasteiger partial charge in [0, 0.05) is 15.6 Å². The van der Waals surface area contributed by atoms with Crippen molar-refractivity contribution < 1.29 is 9.53 Å². The lowest BCUT2D eigenvalue weighted by Crippen LogP contribution is -2.24. The first kappa shape index (κ1) is 17.7. The predicted molar refractivity (Wildman–Crippen MR) is 98.3 cm³/mol. The van der Waals surface area contributed by atoms with Crippen molar-refractivity contribution in [3.05, 3.63) is 51.8 Å². The number of aryl methyl sites for hydroxylation is 1. The molecule has 0 unspecified atom stereocenters. The highest BCUT2D eigenvalue weighted by Gasteiger charge is 2.20. The number of carbonyl (C=O) groups excluding carboxylic acids is 1. The Balaban J connectivity index is 2.08. The van der Waals surface area contributed by atoms with Gasteiger partial charge in [0.25, 0.3) is 0 Å². The third-order valence-electron chi connectivity index (χ3n) is 3.42. The lowest BCUT2D eigenvalue weighted by Gasteiger charge is -2.19. The number of hydrogen-bond donors (Lipinski definition) is 0. The van der Waals surface area contributed by atoms with Crippen LogP contribution in [0.2, 0.25) is 10.0 Å². The first-order valence-corrected chi connectivity index (χ1v) is 8.45. The number of fused-ring (bicyclic) bond motifs is 1. The van der Waals surface area contributed by atoms with E-state index in [4.69, 9.17) is 27.9 Å². The van der Waals surface area contributed by atoms with Crippen LogP contribution in [0.15, 0.2) is 30.5 Å². The summed E-state index contributed by atoms with van der Waals surface area (Å²) in [5, 5.41) is 5.42. The van der Waals surface area contributed by atoms with E-state index in [0.29, 0.717) is 21.3 Å². The van der Waals surface area contributed by atoms with Crippen LogP contribution in [0.25, 0.3) is 16.9 Å². The van der Waals surface area contributed by atoms with Crippen LogP contribution in [0.1, 0.15) is 36.8 Å². The first-order chi connectivity index (χ1) is 11.6. The van der Waals surface area contributed by atoms with Crippen LogP contribution >= 0.6 is 23.2 Å². The second kappa shape index (κ2) is 6.32. The van der Waals surface area contributed by atoms with Gasteiger partial charge in [0.05, 0.1) is 23.1 Å². The molecule has 130 valence electrons. The number of imidazole rings is 1. The number of esters is 1. The topological polar surface area (TPSA) is 56.5 Å². The van der Waals surface area contributed by atoms with Gasteiger partial charge in [-0.2, -0.15) is 5.10 Å². The van der Waals surface area contributed by atoms with E-state index < -0.39 is 11.6 Å². The molecular weight excluding hydrogens is 361 g/mol. The fourth-order valence-electron chi connectivity index (χ4n) is 2.52. The molecule has 25 heavy (non-hydrogen) atoms. The van der Waals surface area contributed by atoms with Crippen molar-refractivity contribution in [1.29, 1.82) is 0 Å². The zero-order valence-corrected chi connectivity index (χ0v) is 15.8. The summed E-state index contributed by atoms with van der Waals surface area (Å²) in [5.74, 6) is -0.435. The SMILES string of the molecule is Cc1nc2cc(C(=O)OC(C)(C)C)cnn2c1-c1cc(Cl)cc(Cl)c1. The summed E-state index contributed by atoms with van der Waals surface area (Å²) in [6.45, 7) is 7.32. The molecule has 3 rings (SSSR count). The molecule has 3 aromatic rings. The van der Waals surface area contributed by atoms with Crippen LogP contribution in [0.4, 0.5) is 0 Å². The zero-order valence-electron chi connectivity index (χ0n) is 14.3. The smallest absolute Gasteiger partial charge is 0.340 e. The maximum atomic E-state index is 12.2. The van der Waals surface area contributed by atoms with Crippen molar-refractivity contribution in [2.24, 2.45) is 0 Å². The number of rotatable bonds is 2. The van der Waals surface area contributed by atoms with Gasteiger partial charge in [-0.25, -0.2) is 14.3 Å². The molecule has 0 saturated heterocycles. The zero-order chi connectivity index (χ0) is 18.4. The van der Waals surface area contributed by atoms with Gasteiger partial charge in [-0.1, -0.05) is 23.2 Å². The largest absolute Gasteiger partial charge is 0.456 e. The van der Waals surface area contributed by atoms with Crippen LogP contribution < -0.4 is 0 Å². The van der Waals surface area contributed by atoms with Crippen LogP contribution in [0, 0.1) is 6.92 Å². The minimum absolute atomic E-state index is 0.350. The van der Waals surface area contributed by atoms with E-state index in [0.717, 1.165) is 17.0 Å². The molecule has 0 atom stereocenters. The molecule has 0 spiro atoms. The van der Waals surface area contributed by atoms with E-state index in [1.807, 2.05) is 27.7 Å². The molecule has 0 aliphatic rings. The van der Waals surface area contributed by atoms with E-state index in [1.54, 1.807) is 28.8 Å². The normalized spacial score (nSPS) is 11.8. The van der Waals surface area contributed by atoms with Crippen molar-refractivity contribution in [1.82, 2.24) is 14.6 Å². The Kier molecular flexibility index (Phi) is 4.47. The maximum absolute atomic E-state index is 12.2. The molecule has 2 heterocycles. The van der Waals surface area contributed by atoms with Gasteiger partial charge < -0.3 is 4.74 Å². The van der Waals surface area contributed by atoms with Gasteiger partial charge in [0.15, 0.2) is 5.65 Å². The highest BCUT2D eigenvalue weighted by molar-refractivity contribution is 6.35. The monoisotopic (exact) mass is 377 g/mol. The fraction of sp³-hybridized carbons (Fsp3) is 0.278. The van der Waals surface area contributed by atoms with Crippen molar-refractivity contribution in [3.63, 3.8) is 0 Å². The summed E-state index contributed by atoms with van der Waals surface area (Å²) in [6, 6.07) is 6.92. The molecule has 1 aromatic carbocycles. The molecule has 0 fully saturated rings. The van der Waals surface area contributed by atoms with E-state index in [9.17, 15) is 4.79 Å². The Morgan fingerprint density at radius 1 is 1.12 bits per heavy atom. The van der Waals surface area contributed by atoms with E-state index in [2.05, 4.69) is 10.1 Å². The Morgan fingerprint density at radius 3 is 2.36 bits per heavy atom. The molecular formula is C18H17Cl2N3O2. The maximum Gasteiger partial charge on any atom is 0.340 e. The Morgan fingerprint density at radius 2 is 1.76 bits per heavy atom. The lowest BCUT2D eigenvalue weighted by molar-refractivity contribution is 0.00689. The molecule has 0 amide bonds. The molecule has 0 aliphatic heterocycles. The summed E-state index contributed by atoms with van der Waals surface area (Å²) < 4.78 is 7.03. The average Bonchev–Trinajstić information content (AvgIpc) is 2.79. The van der Waals surface area contributed by atoms with Gasteiger partial charge in [0.1, 0.15) is 5.60 Å². The molecule has 0 radical (unpaired) electrons. The van der Waals surface area contributed by atoms with Gasteiger partial charge in [0.2, 0.25) is 0 Å². The molecule has 0 aliphatic carbocycles. The third kappa shape index (κ3) is 3.78. The van der Waals surface area contributed by atoms with Crippen molar-refractivity contribution in [2.75, 3.05) is 0 Å². The van der Waals surface area contributed by atoms with Gasteiger partial charge in [-0.05, 0) is 52.0 Å². The number of hydrogen-bond acceptors (Lipinski definition) is 4. The predicted octanol–water partition coefficient (Wildman–Crippen LogP) is 4.97. The summed E-state index contributed by atoms with van der Waals surface area (Å²) in [6.07, 6.45) is 1.47. The van der Waals surface area contributed by atoms with E-state index >= 15 is 0 Å². The summed E-state index contributed by atoms with van der Waals surface area (Å²) in [4.78, 5) is 16.7. The number of ether oxygens (including phenoxy) is 1. The quantitative estimate of drug-likeness (QED) is 0.591.